The molecule has 0 unspecified atom stereocenters. The van der Waals surface area contributed by atoms with Crippen LogP contribution in [0.1, 0.15) is 19.5 Å². The van der Waals surface area contributed by atoms with Crippen LogP contribution in [0.4, 0.5) is 5.13 Å². The van der Waals surface area contributed by atoms with Crippen LogP contribution in [0.25, 0.3) is 0 Å². The van der Waals surface area contributed by atoms with E-state index in [0.717, 1.165) is 5.69 Å². The van der Waals surface area contributed by atoms with E-state index in [1.165, 1.54) is 11.3 Å². The smallest absolute Gasteiger partial charge is 0.180 e. The van der Waals surface area contributed by atoms with Crippen LogP contribution in [0, 0.1) is 0 Å². The van der Waals surface area contributed by atoms with Crippen molar-refractivity contribution in [2.75, 3.05) is 5.73 Å². The molecule has 1 aromatic heterocycles. The number of nitrogens with two attached hydrogens (primary N) is 1. The summed E-state index contributed by atoms with van der Waals surface area (Å²) in [5.74, 6) is 0. The summed E-state index contributed by atoms with van der Waals surface area (Å²) in [5.41, 5.74) is 6.35. The Morgan fingerprint density at radius 2 is 2.45 bits per heavy atom. The predicted octanol–water partition coefficient (Wildman–Crippen LogP) is 1.65. The Kier molecular flexibility index (Phi) is 2.84. The van der Waals surface area contributed by atoms with Crippen LogP contribution in [0.2, 0.25) is 0 Å². The van der Waals surface area contributed by atoms with E-state index in [-0.39, 0.29) is 6.10 Å². The zero-order chi connectivity index (χ0) is 8.27. The first-order valence-corrected chi connectivity index (χ1v) is 4.38. The first kappa shape index (κ1) is 8.49. The molecule has 62 valence electrons. The molecule has 0 radical (unpaired) electrons. The molecule has 0 amide bonds. The molecule has 1 aromatic rings. The SMILES string of the molecule is CC(C)OCc1csc(N)n1. The quantitative estimate of drug-likeness (QED) is 0.754. The largest absolute Gasteiger partial charge is 0.375 e. The van der Waals surface area contributed by atoms with Crippen molar-refractivity contribution < 1.29 is 4.74 Å². The molecule has 0 aliphatic carbocycles. The molecule has 1 heterocycles. The molecule has 11 heavy (non-hydrogen) atoms. The van der Waals surface area contributed by atoms with Gasteiger partial charge < -0.3 is 10.5 Å². The fourth-order valence-corrected chi connectivity index (χ4v) is 1.19. The van der Waals surface area contributed by atoms with E-state index in [1.807, 2.05) is 19.2 Å². The van der Waals surface area contributed by atoms with Crippen molar-refractivity contribution in [3.8, 4) is 0 Å². The molecule has 0 bridgehead atoms. The molecule has 1 rings (SSSR count). The van der Waals surface area contributed by atoms with Crippen LogP contribution in [0.15, 0.2) is 5.38 Å². The van der Waals surface area contributed by atoms with Gasteiger partial charge in [0.1, 0.15) is 0 Å². The van der Waals surface area contributed by atoms with Gasteiger partial charge in [-0.05, 0) is 13.8 Å². The highest BCUT2D eigenvalue weighted by molar-refractivity contribution is 7.13. The van der Waals surface area contributed by atoms with E-state index >= 15 is 0 Å². The number of thiazole rings is 1. The Bertz CT molecular complexity index is 222. The van der Waals surface area contributed by atoms with Crippen LogP contribution >= 0.6 is 11.3 Å². The summed E-state index contributed by atoms with van der Waals surface area (Å²) in [5, 5.41) is 2.52. The molecule has 0 saturated carbocycles. The zero-order valence-corrected chi connectivity index (χ0v) is 7.52. The highest BCUT2D eigenvalue weighted by atomic mass is 32.1. The fraction of sp³-hybridized carbons (Fsp3) is 0.571. The number of nitrogen functional groups attached to an aromatic ring is 1. The molecule has 0 aliphatic rings. The minimum atomic E-state index is 0.248. The number of hydrogen-bond acceptors (Lipinski definition) is 4. The summed E-state index contributed by atoms with van der Waals surface area (Å²) in [6.45, 7) is 4.55. The summed E-state index contributed by atoms with van der Waals surface area (Å²) < 4.78 is 5.33. The van der Waals surface area contributed by atoms with E-state index in [4.69, 9.17) is 10.5 Å². The Morgan fingerprint density at radius 3 is 2.91 bits per heavy atom. The van der Waals surface area contributed by atoms with Gasteiger partial charge in [-0.15, -0.1) is 11.3 Å². The lowest BCUT2D eigenvalue weighted by molar-refractivity contribution is 0.0639. The third kappa shape index (κ3) is 2.86. The van der Waals surface area contributed by atoms with Crippen LogP contribution in [-0.2, 0) is 11.3 Å². The second kappa shape index (κ2) is 3.69. The lowest BCUT2D eigenvalue weighted by Crippen LogP contribution is -2.02. The average molecular weight is 172 g/mol. The molecular formula is C7H12N2OS. The summed E-state index contributed by atoms with van der Waals surface area (Å²) in [4.78, 5) is 4.05. The molecule has 0 saturated heterocycles. The lowest BCUT2D eigenvalue weighted by atomic mass is 10.4. The number of hydrogen-bond donors (Lipinski definition) is 1. The van der Waals surface area contributed by atoms with Crippen molar-refractivity contribution in [1.29, 1.82) is 0 Å². The van der Waals surface area contributed by atoms with Crippen LogP contribution < -0.4 is 5.73 Å². The van der Waals surface area contributed by atoms with Gasteiger partial charge in [-0.3, -0.25) is 0 Å². The molecule has 4 heteroatoms. The normalized spacial score (nSPS) is 10.8. The van der Waals surface area contributed by atoms with Crippen LogP contribution in [-0.4, -0.2) is 11.1 Å². The first-order chi connectivity index (χ1) is 5.18. The number of ether oxygens (including phenoxy) is 1. The molecule has 3 nitrogen and oxygen atoms in total. The zero-order valence-electron chi connectivity index (χ0n) is 6.70. The van der Waals surface area contributed by atoms with Crippen LogP contribution in [0.3, 0.4) is 0 Å². The Hall–Kier alpha value is -0.610. The van der Waals surface area contributed by atoms with Gasteiger partial charge in [-0.1, -0.05) is 0 Å². The first-order valence-electron chi connectivity index (χ1n) is 3.50. The monoisotopic (exact) mass is 172 g/mol. The highest BCUT2D eigenvalue weighted by Gasteiger charge is 1.99. The maximum absolute atomic E-state index is 5.44. The van der Waals surface area contributed by atoms with E-state index in [2.05, 4.69) is 4.98 Å². The van der Waals surface area contributed by atoms with Gasteiger partial charge in [0, 0.05) is 5.38 Å². The molecular weight excluding hydrogens is 160 g/mol. The standard InChI is InChI=1S/C7H12N2OS/c1-5(2)10-3-6-4-11-7(8)9-6/h4-5H,3H2,1-2H3,(H2,8,9). The minimum Gasteiger partial charge on any atom is -0.375 e. The summed E-state index contributed by atoms with van der Waals surface area (Å²) in [6.07, 6.45) is 0.248. The Labute approximate surface area is 70.2 Å². The van der Waals surface area contributed by atoms with E-state index in [0.29, 0.717) is 11.7 Å². The van der Waals surface area contributed by atoms with E-state index < -0.39 is 0 Å². The number of anilines is 1. The van der Waals surface area contributed by atoms with Crippen molar-refractivity contribution in [1.82, 2.24) is 4.98 Å². The van der Waals surface area contributed by atoms with E-state index in [1.54, 1.807) is 0 Å². The van der Waals surface area contributed by atoms with Crippen molar-refractivity contribution in [3.05, 3.63) is 11.1 Å². The lowest BCUT2D eigenvalue weighted by Gasteiger charge is -2.03. The third-order valence-corrected chi connectivity index (χ3v) is 1.86. The summed E-state index contributed by atoms with van der Waals surface area (Å²) in [6, 6.07) is 0. The van der Waals surface area contributed by atoms with Gasteiger partial charge in [-0.2, -0.15) is 0 Å². The molecule has 0 spiro atoms. The van der Waals surface area contributed by atoms with Gasteiger partial charge in [0.15, 0.2) is 5.13 Å². The van der Waals surface area contributed by atoms with Gasteiger partial charge in [0.05, 0.1) is 18.4 Å². The van der Waals surface area contributed by atoms with Crippen LogP contribution in [0.5, 0.6) is 0 Å². The Morgan fingerprint density at radius 1 is 1.73 bits per heavy atom. The van der Waals surface area contributed by atoms with Gasteiger partial charge in [0.2, 0.25) is 0 Å². The van der Waals surface area contributed by atoms with Crippen molar-refractivity contribution in [3.63, 3.8) is 0 Å². The second-order valence-corrected chi connectivity index (χ2v) is 3.43. The summed E-state index contributed by atoms with van der Waals surface area (Å²) in [7, 11) is 0. The molecule has 2 N–H and O–H groups in total. The average Bonchev–Trinajstić information content (AvgIpc) is 2.31. The van der Waals surface area contributed by atoms with Gasteiger partial charge in [-0.25, -0.2) is 4.98 Å². The van der Waals surface area contributed by atoms with Crippen molar-refractivity contribution >= 4 is 16.5 Å². The number of aromatic nitrogens is 1. The molecule has 0 atom stereocenters. The predicted molar refractivity (Wildman–Crippen MR) is 46.5 cm³/mol. The Balaban J connectivity index is 2.39. The van der Waals surface area contributed by atoms with E-state index in [9.17, 15) is 0 Å². The maximum atomic E-state index is 5.44. The minimum absolute atomic E-state index is 0.248. The highest BCUT2D eigenvalue weighted by Crippen LogP contribution is 2.12. The van der Waals surface area contributed by atoms with Crippen molar-refractivity contribution in [2.45, 2.75) is 26.6 Å². The molecule has 0 fully saturated rings. The number of rotatable bonds is 3. The van der Waals surface area contributed by atoms with Crippen molar-refractivity contribution in [2.24, 2.45) is 0 Å². The number of nitrogens with zero attached hydrogens (tertiary/aromatic N) is 1. The topological polar surface area (TPSA) is 48.1 Å². The third-order valence-electron chi connectivity index (χ3n) is 1.13. The molecule has 0 aliphatic heterocycles. The maximum Gasteiger partial charge on any atom is 0.180 e. The summed E-state index contributed by atoms with van der Waals surface area (Å²) >= 11 is 1.44. The van der Waals surface area contributed by atoms with Gasteiger partial charge >= 0.3 is 0 Å². The molecule has 0 aromatic carbocycles. The fourth-order valence-electron chi connectivity index (χ4n) is 0.641. The second-order valence-electron chi connectivity index (χ2n) is 2.54. The van der Waals surface area contributed by atoms with Gasteiger partial charge in [0.25, 0.3) is 0 Å².